The Morgan fingerprint density at radius 1 is 0.839 bits per heavy atom. The van der Waals surface area contributed by atoms with Crippen molar-refractivity contribution in [1.82, 2.24) is 0 Å². The Morgan fingerprint density at radius 3 is 1.81 bits per heavy atom. The van der Waals surface area contributed by atoms with E-state index in [9.17, 15) is 9.59 Å². The highest BCUT2D eigenvalue weighted by molar-refractivity contribution is 5.95. The van der Waals surface area contributed by atoms with E-state index in [0.29, 0.717) is 47.3 Å². The van der Waals surface area contributed by atoms with Crippen LogP contribution in [0.2, 0.25) is 0 Å². The van der Waals surface area contributed by atoms with Gasteiger partial charge < -0.3 is 9.47 Å². The summed E-state index contributed by atoms with van der Waals surface area (Å²) in [7, 11) is 1.50. The van der Waals surface area contributed by atoms with Crippen LogP contribution < -0.4 is 0 Å². The number of hydrogen-bond acceptors (Lipinski definition) is 4. The first-order valence-electron chi connectivity index (χ1n) is 12.5. The van der Waals surface area contributed by atoms with Crippen molar-refractivity contribution in [3.63, 3.8) is 0 Å². The summed E-state index contributed by atoms with van der Waals surface area (Å²) in [6.45, 7) is 0. The Kier molecular flexibility index (Phi) is 2.56. The molecule has 160 valence electrons. The Hall–Kier alpha value is -1.84. The highest BCUT2D eigenvalue weighted by Gasteiger charge is 2.93. The van der Waals surface area contributed by atoms with Crippen molar-refractivity contribution in [2.45, 2.75) is 36.7 Å². The molecule has 1 aromatic rings. The fourth-order valence-electron chi connectivity index (χ4n) is 12.5. The Bertz CT molecular complexity index is 994. The van der Waals surface area contributed by atoms with Gasteiger partial charge in [-0.2, -0.15) is 0 Å². The molecular formula is C27H28O4. The fraction of sp³-hybridized carbons (Fsp3) is 0.704. The van der Waals surface area contributed by atoms with Crippen molar-refractivity contribution < 1.29 is 19.1 Å². The maximum absolute atomic E-state index is 14.3. The minimum absolute atomic E-state index is 0.0921. The van der Waals surface area contributed by atoms with E-state index in [-0.39, 0.29) is 35.6 Å². The molecule has 2 heterocycles. The predicted molar refractivity (Wildman–Crippen MR) is 109 cm³/mol. The van der Waals surface area contributed by atoms with Gasteiger partial charge in [-0.25, -0.2) is 4.79 Å². The molecule has 31 heavy (non-hydrogen) atoms. The minimum Gasteiger partial charge on any atom is -0.466 e. The van der Waals surface area contributed by atoms with Crippen LogP contribution in [0, 0.1) is 71.0 Å². The molecule has 4 heteroatoms. The van der Waals surface area contributed by atoms with Gasteiger partial charge in [0, 0.05) is 11.8 Å². The van der Waals surface area contributed by atoms with Crippen LogP contribution in [0.4, 0.5) is 0 Å². The van der Waals surface area contributed by atoms with Crippen LogP contribution in [0.3, 0.4) is 0 Å². The van der Waals surface area contributed by atoms with Crippen molar-refractivity contribution >= 4 is 11.9 Å². The number of ether oxygens (including phenoxy) is 2. The van der Waals surface area contributed by atoms with E-state index in [1.54, 1.807) is 0 Å². The zero-order chi connectivity index (χ0) is 20.4. The molecule has 0 aromatic heterocycles. The molecule has 0 amide bonds. The number of benzene rings is 1. The number of methoxy groups -OCH3 is 1. The highest BCUT2D eigenvalue weighted by atomic mass is 16.6. The summed E-state index contributed by atoms with van der Waals surface area (Å²) in [4.78, 5) is 28.0. The lowest BCUT2D eigenvalue weighted by molar-refractivity contribution is -0.254. The molecule has 13 aliphatic rings. The molecule has 2 aliphatic heterocycles. The molecule has 11 aliphatic carbocycles. The van der Waals surface area contributed by atoms with Crippen molar-refractivity contribution in [3.05, 3.63) is 35.9 Å². The van der Waals surface area contributed by atoms with E-state index >= 15 is 0 Å². The van der Waals surface area contributed by atoms with Gasteiger partial charge >= 0.3 is 11.9 Å². The minimum atomic E-state index is -1.01. The van der Waals surface area contributed by atoms with E-state index in [1.807, 2.05) is 0 Å². The topological polar surface area (TPSA) is 52.6 Å². The summed E-state index contributed by atoms with van der Waals surface area (Å²) >= 11 is 0. The zero-order valence-corrected chi connectivity index (χ0v) is 17.8. The number of rotatable bonds is 2. The van der Waals surface area contributed by atoms with Gasteiger partial charge in [-0.1, -0.05) is 30.3 Å². The first-order chi connectivity index (χ1) is 15.2. The first kappa shape index (κ1) is 16.7. The third-order valence-corrected chi connectivity index (χ3v) is 12.5. The Balaban J connectivity index is 1.38. The van der Waals surface area contributed by atoms with Gasteiger partial charge in [0.2, 0.25) is 5.60 Å². The predicted octanol–water partition coefficient (Wildman–Crippen LogP) is 3.44. The monoisotopic (exact) mass is 416 g/mol. The molecule has 11 saturated carbocycles. The summed E-state index contributed by atoms with van der Waals surface area (Å²) in [5.74, 6) is 5.60. The van der Waals surface area contributed by atoms with Gasteiger partial charge in [0.15, 0.2) is 0 Å². The number of hydrogen-bond donors (Lipinski definition) is 0. The van der Waals surface area contributed by atoms with Crippen LogP contribution in [-0.4, -0.2) is 24.6 Å². The molecule has 1 aromatic carbocycles. The van der Waals surface area contributed by atoms with Crippen LogP contribution in [0.15, 0.2) is 30.3 Å². The third-order valence-electron chi connectivity index (χ3n) is 12.5. The molecule has 10 bridgehead atoms. The van der Waals surface area contributed by atoms with Gasteiger partial charge in [0.25, 0.3) is 0 Å². The second kappa shape index (κ2) is 4.75. The van der Waals surface area contributed by atoms with Crippen LogP contribution in [0.25, 0.3) is 0 Å². The molecule has 13 fully saturated rings. The zero-order valence-electron chi connectivity index (χ0n) is 17.8. The molecule has 14 rings (SSSR count). The maximum atomic E-state index is 14.3. The summed E-state index contributed by atoms with van der Waals surface area (Å²) in [6.07, 6.45) is 5.10. The SMILES string of the molecule is COC(=O)C12OC(=O)C(c3ccccc3)(C3C4C5CC[C@@H]4C5C31)C1C3C4CC[C@H]3C4C12. The lowest BCUT2D eigenvalue weighted by Gasteiger charge is -2.62. The lowest BCUT2D eigenvalue weighted by atomic mass is 9.45. The number of esters is 2. The Labute approximate surface area is 182 Å². The summed E-state index contributed by atoms with van der Waals surface area (Å²) in [5.41, 5.74) is -0.368. The number of fused-ring (bicyclic) bond motifs is 3. The highest BCUT2D eigenvalue weighted by Crippen LogP contribution is 2.88. The summed E-state index contributed by atoms with van der Waals surface area (Å²) in [6, 6.07) is 10.6. The molecular weight excluding hydrogens is 388 g/mol. The largest absolute Gasteiger partial charge is 0.466 e. The average Bonchev–Trinajstić information content (AvgIpc) is 3.62. The van der Waals surface area contributed by atoms with Crippen LogP contribution in [0.5, 0.6) is 0 Å². The van der Waals surface area contributed by atoms with Gasteiger partial charge in [-0.3, -0.25) is 4.79 Å². The second-order valence-corrected chi connectivity index (χ2v) is 12.1. The van der Waals surface area contributed by atoms with Crippen LogP contribution in [-0.2, 0) is 24.5 Å². The molecule has 0 radical (unpaired) electrons. The molecule has 14 atom stereocenters. The van der Waals surface area contributed by atoms with Gasteiger partial charge in [0.05, 0.1) is 12.5 Å². The van der Waals surface area contributed by atoms with Crippen molar-refractivity contribution in [1.29, 1.82) is 0 Å². The summed E-state index contributed by atoms with van der Waals surface area (Å²) in [5, 5.41) is 0. The number of carbonyl (C=O) groups excluding carboxylic acids is 2. The quantitative estimate of drug-likeness (QED) is 0.693. The van der Waals surface area contributed by atoms with Gasteiger partial charge in [0.1, 0.15) is 0 Å². The Morgan fingerprint density at radius 2 is 1.32 bits per heavy atom. The molecule has 2 saturated heterocycles. The van der Waals surface area contributed by atoms with Crippen molar-refractivity contribution in [2.75, 3.05) is 7.11 Å². The average molecular weight is 417 g/mol. The smallest absolute Gasteiger partial charge is 0.350 e. The third kappa shape index (κ3) is 1.31. The fourth-order valence-corrected chi connectivity index (χ4v) is 12.5. The van der Waals surface area contributed by atoms with Crippen LogP contribution in [0.1, 0.15) is 31.2 Å². The van der Waals surface area contributed by atoms with E-state index in [0.717, 1.165) is 0 Å². The maximum Gasteiger partial charge on any atom is 0.350 e. The van der Waals surface area contributed by atoms with E-state index in [1.165, 1.54) is 38.4 Å². The first-order valence-corrected chi connectivity index (χ1v) is 12.5. The molecule has 0 N–H and O–H groups in total. The molecule has 0 spiro atoms. The van der Waals surface area contributed by atoms with Gasteiger partial charge in [-0.05, 0) is 90.4 Å². The van der Waals surface area contributed by atoms with E-state index in [4.69, 9.17) is 9.47 Å². The van der Waals surface area contributed by atoms with E-state index < -0.39 is 11.0 Å². The number of carbonyl (C=O) groups is 2. The molecule has 4 nitrogen and oxygen atoms in total. The second-order valence-electron chi connectivity index (χ2n) is 12.1. The van der Waals surface area contributed by atoms with Crippen molar-refractivity contribution in [3.8, 4) is 0 Å². The normalized spacial score (nSPS) is 61.9. The van der Waals surface area contributed by atoms with Crippen LogP contribution >= 0.6 is 0 Å². The molecule has 12 unspecified atom stereocenters. The standard InChI is InChI=1S/C27H28O4/c1-30-25(29)27-22-18-12-7-8-13(18)16(12)20(22)26(24(28)31-27,11-5-3-2-4-6-11)21-17-14-9-10-15(17)19(14)23(21)27/h2-6,12-23H,7-10H2,1H3/t12-,13?,14+,15?,16?,17?,18?,19?,20?,21?,22?,23?,26?,27?. The lowest BCUT2D eigenvalue weighted by Crippen LogP contribution is -2.75. The van der Waals surface area contributed by atoms with E-state index in [2.05, 4.69) is 30.3 Å². The van der Waals surface area contributed by atoms with Gasteiger partial charge in [-0.15, -0.1) is 0 Å². The summed E-state index contributed by atoms with van der Waals surface area (Å²) < 4.78 is 12.1. The van der Waals surface area contributed by atoms with Crippen molar-refractivity contribution in [2.24, 2.45) is 71.0 Å².